The molecule has 1 aromatic rings. The normalized spacial score (nSPS) is 9.67. The number of benzene rings is 1. The molecule has 0 spiro atoms. The molecule has 0 fully saturated rings. The third-order valence-corrected chi connectivity index (χ3v) is 2.29. The highest BCUT2D eigenvalue weighted by Gasteiger charge is 1.91. The number of rotatable bonds is 0. The van der Waals surface area contributed by atoms with Crippen molar-refractivity contribution < 1.29 is 0 Å². The predicted octanol–water partition coefficient (Wildman–Crippen LogP) is 3.05. The van der Waals surface area contributed by atoms with Gasteiger partial charge in [0.25, 0.3) is 0 Å². The fourth-order valence-corrected chi connectivity index (χ4v) is 1.34. The maximum absolute atomic E-state index is 4.17. The van der Waals surface area contributed by atoms with Crippen LogP contribution in [0.5, 0.6) is 0 Å². The van der Waals surface area contributed by atoms with E-state index < -0.39 is 0 Å². The van der Waals surface area contributed by atoms with Crippen LogP contribution in [-0.4, -0.2) is 0 Å². The summed E-state index contributed by atoms with van der Waals surface area (Å²) in [6.45, 7) is 2.05. The van der Waals surface area contributed by atoms with E-state index in [0.29, 0.717) is 0 Å². The molecule has 2 heteroatoms. The first-order valence-corrected chi connectivity index (χ1v) is 3.89. The second kappa shape index (κ2) is 2.76. The van der Waals surface area contributed by atoms with Crippen molar-refractivity contribution in [3.05, 3.63) is 28.2 Å². The topological polar surface area (TPSA) is 0 Å². The molecule has 1 rings (SSSR count). The molecule has 0 atom stereocenters. The highest BCUT2D eigenvalue weighted by Crippen LogP contribution is 2.18. The number of thiol groups is 1. The monoisotopic (exact) mass is 202 g/mol. The van der Waals surface area contributed by atoms with Crippen molar-refractivity contribution in [1.82, 2.24) is 0 Å². The number of halogens is 1. The molecular formula is C7H7BrS. The lowest BCUT2D eigenvalue weighted by molar-refractivity contribution is 1.35. The van der Waals surface area contributed by atoms with E-state index in [-0.39, 0.29) is 0 Å². The van der Waals surface area contributed by atoms with Crippen molar-refractivity contribution in [2.24, 2.45) is 0 Å². The van der Waals surface area contributed by atoms with Crippen LogP contribution in [0, 0.1) is 6.92 Å². The maximum Gasteiger partial charge on any atom is 0.0215 e. The van der Waals surface area contributed by atoms with Crippen molar-refractivity contribution in [1.29, 1.82) is 0 Å². The van der Waals surface area contributed by atoms with Gasteiger partial charge in [-0.15, -0.1) is 12.6 Å². The van der Waals surface area contributed by atoms with Gasteiger partial charge in [0, 0.05) is 9.37 Å². The minimum atomic E-state index is 0.993. The van der Waals surface area contributed by atoms with E-state index in [0.717, 1.165) is 9.37 Å². The van der Waals surface area contributed by atoms with Crippen molar-refractivity contribution in [2.45, 2.75) is 11.8 Å². The largest absolute Gasteiger partial charge is 0.143 e. The molecular weight excluding hydrogens is 196 g/mol. The highest BCUT2D eigenvalue weighted by atomic mass is 79.9. The second-order valence-corrected chi connectivity index (χ2v) is 3.30. The fourth-order valence-electron chi connectivity index (χ4n) is 0.582. The molecule has 48 valence electrons. The molecule has 9 heavy (non-hydrogen) atoms. The zero-order valence-electron chi connectivity index (χ0n) is 5.06. The van der Waals surface area contributed by atoms with Gasteiger partial charge in [0.05, 0.1) is 0 Å². The van der Waals surface area contributed by atoms with Crippen LogP contribution in [0.1, 0.15) is 5.56 Å². The first-order valence-electron chi connectivity index (χ1n) is 2.65. The summed E-state index contributed by atoms with van der Waals surface area (Å²) in [5.41, 5.74) is 1.24. The third kappa shape index (κ3) is 1.73. The van der Waals surface area contributed by atoms with Gasteiger partial charge in [-0.2, -0.15) is 0 Å². The molecule has 0 radical (unpaired) electrons. The van der Waals surface area contributed by atoms with Gasteiger partial charge in [-0.3, -0.25) is 0 Å². The smallest absolute Gasteiger partial charge is 0.0215 e. The third-order valence-electron chi connectivity index (χ3n) is 1.16. The van der Waals surface area contributed by atoms with E-state index in [1.165, 1.54) is 5.56 Å². The molecule has 0 amide bonds. The Bertz CT molecular complexity index is 220. The lowest BCUT2D eigenvalue weighted by Crippen LogP contribution is -1.73. The van der Waals surface area contributed by atoms with Gasteiger partial charge in [0.1, 0.15) is 0 Å². The van der Waals surface area contributed by atoms with Crippen LogP contribution in [0.15, 0.2) is 27.6 Å². The molecule has 0 heterocycles. The molecule has 0 bridgehead atoms. The zero-order valence-corrected chi connectivity index (χ0v) is 7.54. The van der Waals surface area contributed by atoms with Crippen LogP contribution in [0.2, 0.25) is 0 Å². The van der Waals surface area contributed by atoms with E-state index in [1.807, 2.05) is 18.2 Å². The number of hydrogen-bond donors (Lipinski definition) is 1. The summed E-state index contributed by atoms with van der Waals surface area (Å²) in [5, 5.41) is 0. The Kier molecular flexibility index (Phi) is 2.19. The molecule has 0 nitrogen and oxygen atoms in total. The van der Waals surface area contributed by atoms with Crippen LogP contribution in [0.4, 0.5) is 0 Å². The first kappa shape index (κ1) is 7.16. The SMILES string of the molecule is Cc1ccc(S)cc1Br. The van der Waals surface area contributed by atoms with Crippen LogP contribution in [0.25, 0.3) is 0 Å². The molecule has 1 aromatic carbocycles. The Morgan fingerprint density at radius 2 is 2.11 bits per heavy atom. The molecule has 0 N–H and O–H groups in total. The molecule has 0 unspecified atom stereocenters. The Morgan fingerprint density at radius 3 is 2.56 bits per heavy atom. The lowest BCUT2D eigenvalue weighted by Gasteiger charge is -1.96. The molecule has 0 saturated heterocycles. The van der Waals surface area contributed by atoms with E-state index in [2.05, 4.69) is 35.5 Å². The van der Waals surface area contributed by atoms with Gasteiger partial charge in [-0.05, 0) is 24.6 Å². The molecule has 0 saturated carbocycles. The summed E-state index contributed by atoms with van der Waals surface area (Å²) in [5.74, 6) is 0. The van der Waals surface area contributed by atoms with Crippen molar-refractivity contribution in [3.63, 3.8) is 0 Å². The van der Waals surface area contributed by atoms with Gasteiger partial charge in [-0.25, -0.2) is 0 Å². The highest BCUT2D eigenvalue weighted by molar-refractivity contribution is 9.10. The number of hydrogen-bond acceptors (Lipinski definition) is 1. The summed E-state index contributed by atoms with van der Waals surface area (Å²) in [6.07, 6.45) is 0. The van der Waals surface area contributed by atoms with Gasteiger partial charge < -0.3 is 0 Å². The maximum atomic E-state index is 4.17. The van der Waals surface area contributed by atoms with E-state index in [9.17, 15) is 0 Å². The predicted molar refractivity (Wildman–Crippen MR) is 46.1 cm³/mol. The average Bonchev–Trinajstić information content (AvgIpc) is 1.80. The van der Waals surface area contributed by atoms with Crippen LogP contribution < -0.4 is 0 Å². The van der Waals surface area contributed by atoms with Crippen molar-refractivity contribution in [3.8, 4) is 0 Å². The quantitative estimate of drug-likeness (QED) is 0.615. The Balaban J connectivity index is 3.17. The summed E-state index contributed by atoms with van der Waals surface area (Å²) in [6, 6.07) is 5.99. The average molecular weight is 203 g/mol. The van der Waals surface area contributed by atoms with Gasteiger partial charge in [0.15, 0.2) is 0 Å². The molecule has 0 aliphatic heterocycles. The molecule has 0 aliphatic rings. The van der Waals surface area contributed by atoms with Crippen molar-refractivity contribution in [2.75, 3.05) is 0 Å². The van der Waals surface area contributed by atoms with Gasteiger partial charge in [-0.1, -0.05) is 22.0 Å². The molecule has 0 aliphatic carbocycles. The summed E-state index contributed by atoms with van der Waals surface area (Å²) < 4.78 is 1.12. The minimum absolute atomic E-state index is 0.993. The lowest BCUT2D eigenvalue weighted by atomic mass is 10.2. The Labute approximate surface area is 68.8 Å². The fraction of sp³-hybridized carbons (Fsp3) is 0.143. The standard InChI is InChI=1S/C7H7BrS/c1-5-2-3-6(9)4-7(5)8/h2-4,9H,1H3. The van der Waals surface area contributed by atoms with Crippen molar-refractivity contribution >= 4 is 28.6 Å². The van der Waals surface area contributed by atoms with Gasteiger partial charge >= 0.3 is 0 Å². The van der Waals surface area contributed by atoms with E-state index in [4.69, 9.17) is 0 Å². The summed E-state index contributed by atoms with van der Waals surface area (Å²) in [7, 11) is 0. The van der Waals surface area contributed by atoms with Crippen LogP contribution in [0.3, 0.4) is 0 Å². The van der Waals surface area contributed by atoms with Crippen LogP contribution in [-0.2, 0) is 0 Å². The van der Waals surface area contributed by atoms with E-state index >= 15 is 0 Å². The molecule has 0 aromatic heterocycles. The second-order valence-electron chi connectivity index (χ2n) is 1.93. The van der Waals surface area contributed by atoms with Gasteiger partial charge in [0.2, 0.25) is 0 Å². The van der Waals surface area contributed by atoms with Crippen LogP contribution >= 0.6 is 28.6 Å². The summed E-state index contributed by atoms with van der Waals surface area (Å²) in [4.78, 5) is 0.993. The number of aryl methyl sites for hydroxylation is 1. The Morgan fingerprint density at radius 1 is 1.44 bits per heavy atom. The van der Waals surface area contributed by atoms with E-state index in [1.54, 1.807) is 0 Å². The minimum Gasteiger partial charge on any atom is -0.143 e. The first-order chi connectivity index (χ1) is 4.20. The zero-order chi connectivity index (χ0) is 6.85. The Hall–Kier alpha value is 0.0500. The summed E-state index contributed by atoms with van der Waals surface area (Å²) >= 11 is 7.57.